The van der Waals surface area contributed by atoms with Crippen LogP contribution in [0.4, 0.5) is 5.69 Å². The molecule has 1 aliphatic heterocycles. The fourth-order valence-corrected chi connectivity index (χ4v) is 3.82. The molecule has 1 atom stereocenters. The monoisotopic (exact) mass is 494 g/mol. The van der Waals surface area contributed by atoms with Gasteiger partial charge in [-0.15, -0.1) is 12.4 Å². The molecule has 1 amide bonds. The Morgan fingerprint density at radius 1 is 1.26 bits per heavy atom. The van der Waals surface area contributed by atoms with E-state index in [0.29, 0.717) is 29.2 Å². The first-order chi connectivity index (χ1) is 15.6. The Hall–Kier alpha value is -3.01. The number of carbonyl (C=O) groups excluding carboxylic acids is 1. The normalized spacial score (nSPS) is 13.7. The number of phenols is 1. The van der Waals surface area contributed by atoms with E-state index in [4.69, 9.17) is 14.6 Å². The van der Waals surface area contributed by atoms with Crippen LogP contribution in [0.5, 0.6) is 17.2 Å². The number of nitrogens with one attached hydrogen (secondary N) is 2. The first-order valence-electron chi connectivity index (χ1n) is 10.8. The minimum absolute atomic E-state index is 0. The Morgan fingerprint density at radius 3 is 2.68 bits per heavy atom. The number of ether oxygens (including phenoxy) is 2. The van der Waals surface area contributed by atoms with E-state index in [1.165, 1.54) is 12.1 Å². The minimum atomic E-state index is -1.03. The van der Waals surface area contributed by atoms with Crippen molar-refractivity contribution in [1.29, 1.82) is 0 Å². The smallest absolute Gasteiger partial charge is 0.341 e. The van der Waals surface area contributed by atoms with Crippen LogP contribution in [0, 0.1) is 0 Å². The molecule has 1 unspecified atom stereocenters. The Kier molecular flexibility index (Phi) is 9.14. The molecule has 9 nitrogen and oxygen atoms in total. The molecule has 34 heavy (non-hydrogen) atoms. The van der Waals surface area contributed by atoms with E-state index in [0.717, 1.165) is 17.5 Å². The summed E-state index contributed by atoms with van der Waals surface area (Å²) in [7, 11) is 0. The van der Waals surface area contributed by atoms with Crippen LogP contribution in [0.1, 0.15) is 43.6 Å². The van der Waals surface area contributed by atoms with Gasteiger partial charge in [-0.2, -0.15) is 0 Å². The van der Waals surface area contributed by atoms with Crippen molar-refractivity contribution >= 4 is 30.0 Å². The molecule has 1 heterocycles. The van der Waals surface area contributed by atoms with Crippen LogP contribution in [0.3, 0.4) is 0 Å². The highest BCUT2D eigenvalue weighted by molar-refractivity contribution is 5.96. The molecule has 0 bridgehead atoms. The van der Waals surface area contributed by atoms with Crippen LogP contribution in [-0.2, 0) is 22.4 Å². The highest BCUT2D eigenvalue weighted by Crippen LogP contribution is 2.38. The number of carbonyl (C=O) groups is 2. The lowest BCUT2D eigenvalue weighted by molar-refractivity contribution is -0.139. The number of aromatic hydroxyl groups is 1. The second kappa shape index (κ2) is 11.4. The summed E-state index contributed by atoms with van der Waals surface area (Å²) in [4.78, 5) is 22.3. The molecule has 0 saturated heterocycles. The molecule has 1 aliphatic rings. The van der Waals surface area contributed by atoms with Crippen LogP contribution in [0.25, 0.3) is 0 Å². The number of halogens is 1. The number of aryl methyl sites for hydroxylation is 1. The standard InChI is InChI=1S/C24H30N2O7.ClH/c1-4-14-7-17(32-13-22(30)31)6-5-15(14)10-24(2,3)25-11-20(28)18-8-16(27)9-19-23(18)33-12-21(29)26-19;/h5-9,20,25,27-28H,4,10-13H2,1-3H3,(H,26,29)(H,30,31);1H. The number of benzene rings is 2. The van der Waals surface area contributed by atoms with Gasteiger partial charge in [0.2, 0.25) is 0 Å². The average molecular weight is 495 g/mol. The second-order valence-electron chi connectivity index (χ2n) is 8.67. The van der Waals surface area contributed by atoms with Gasteiger partial charge in [-0.05, 0) is 56.0 Å². The molecular weight excluding hydrogens is 464 g/mol. The predicted octanol–water partition coefficient (Wildman–Crippen LogP) is 2.82. The molecule has 5 N–H and O–H groups in total. The number of phenolic OH excluding ortho intramolecular Hbond substituents is 1. The zero-order valence-electron chi connectivity index (χ0n) is 19.4. The van der Waals surface area contributed by atoms with E-state index in [2.05, 4.69) is 10.6 Å². The van der Waals surface area contributed by atoms with Gasteiger partial charge in [0.05, 0.1) is 11.8 Å². The summed E-state index contributed by atoms with van der Waals surface area (Å²) in [6, 6.07) is 8.36. The second-order valence-corrected chi connectivity index (χ2v) is 8.67. The van der Waals surface area contributed by atoms with Gasteiger partial charge in [0.15, 0.2) is 13.2 Å². The number of hydrogen-bond acceptors (Lipinski definition) is 7. The van der Waals surface area contributed by atoms with Crippen molar-refractivity contribution in [3.63, 3.8) is 0 Å². The van der Waals surface area contributed by atoms with Gasteiger partial charge in [0.25, 0.3) is 5.91 Å². The molecule has 2 aromatic carbocycles. The zero-order valence-corrected chi connectivity index (χ0v) is 20.2. The Morgan fingerprint density at radius 2 is 2.00 bits per heavy atom. The molecular formula is C24H31ClN2O7. The lowest BCUT2D eigenvalue weighted by Crippen LogP contribution is -2.43. The number of rotatable bonds is 10. The van der Waals surface area contributed by atoms with Crippen molar-refractivity contribution < 1.29 is 34.4 Å². The summed E-state index contributed by atoms with van der Waals surface area (Å²) in [6.07, 6.45) is 0.446. The van der Waals surface area contributed by atoms with Gasteiger partial charge in [0.1, 0.15) is 17.2 Å². The van der Waals surface area contributed by atoms with Crippen LogP contribution >= 0.6 is 12.4 Å². The Labute approximate surface area is 204 Å². The zero-order chi connectivity index (χ0) is 24.2. The van der Waals surface area contributed by atoms with Crippen molar-refractivity contribution in [2.75, 3.05) is 25.1 Å². The number of amides is 1. The largest absolute Gasteiger partial charge is 0.508 e. The van der Waals surface area contributed by atoms with Gasteiger partial charge in [0, 0.05) is 23.7 Å². The summed E-state index contributed by atoms with van der Waals surface area (Å²) in [5, 5.41) is 35.6. The number of aliphatic hydroxyl groups excluding tert-OH is 1. The van der Waals surface area contributed by atoms with Gasteiger partial charge in [-0.3, -0.25) is 4.79 Å². The van der Waals surface area contributed by atoms with Crippen molar-refractivity contribution in [3.05, 3.63) is 47.0 Å². The number of aliphatic hydroxyl groups is 1. The molecule has 3 rings (SSSR count). The third kappa shape index (κ3) is 6.99. The molecule has 186 valence electrons. The maximum Gasteiger partial charge on any atom is 0.341 e. The molecule has 2 aromatic rings. The fraction of sp³-hybridized carbons (Fsp3) is 0.417. The van der Waals surface area contributed by atoms with E-state index in [-0.39, 0.29) is 49.4 Å². The lowest BCUT2D eigenvalue weighted by atomic mass is 9.90. The third-order valence-corrected chi connectivity index (χ3v) is 5.41. The van der Waals surface area contributed by atoms with Gasteiger partial charge < -0.3 is 35.4 Å². The highest BCUT2D eigenvalue weighted by Gasteiger charge is 2.26. The van der Waals surface area contributed by atoms with Crippen LogP contribution in [0.2, 0.25) is 0 Å². The summed E-state index contributed by atoms with van der Waals surface area (Å²) in [6.45, 7) is 5.71. The number of aliphatic carboxylic acids is 1. The maximum absolute atomic E-state index is 11.6. The quantitative estimate of drug-likeness (QED) is 0.340. The Bertz CT molecular complexity index is 1040. The summed E-state index contributed by atoms with van der Waals surface area (Å²) in [5.74, 6) is -0.559. The first kappa shape index (κ1) is 27.2. The van der Waals surface area contributed by atoms with Crippen LogP contribution in [0.15, 0.2) is 30.3 Å². The van der Waals surface area contributed by atoms with Gasteiger partial charge >= 0.3 is 5.97 Å². The molecule has 0 aromatic heterocycles. The van der Waals surface area contributed by atoms with E-state index in [1.54, 1.807) is 6.07 Å². The maximum atomic E-state index is 11.6. The fourth-order valence-electron chi connectivity index (χ4n) is 3.82. The Balaban J connectivity index is 0.00000408. The number of fused-ring (bicyclic) bond motifs is 1. The van der Waals surface area contributed by atoms with Gasteiger partial charge in [-0.1, -0.05) is 13.0 Å². The van der Waals surface area contributed by atoms with Crippen molar-refractivity contribution in [3.8, 4) is 17.2 Å². The van der Waals surface area contributed by atoms with E-state index in [1.807, 2.05) is 32.9 Å². The topological polar surface area (TPSA) is 137 Å². The van der Waals surface area contributed by atoms with Crippen molar-refractivity contribution in [2.45, 2.75) is 45.3 Å². The first-order valence-corrected chi connectivity index (χ1v) is 10.8. The average Bonchev–Trinajstić information content (AvgIpc) is 2.75. The lowest BCUT2D eigenvalue weighted by Gasteiger charge is -2.30. The molecule has 0 saturated carbocycles. The van der Waals surface area contributed by atoms with Crippen molar-refractivity contribution in [2.24, 2.45) is 0 Å². The molecule has 0 radical (unpaired) electrons. The number of carboxylic acid groups (broad SMARTS) is 1. The number of anilines is 1. The van der Waals surface area contributed by atoms with Crippen molar-refractivity contribution in [1.82, 2.24) is 5.32 Å². The van der Waals surface area contributed by atoms with Gasteiger partial charge in [-0.25, -0.2) is 4.79 Å². The molecule has 0 aliphatic carbocycles. The number of β-amino-alcohol motifs (C(OH)–C–C–N with tert-alkyl or cyclic N) is 1. The minimum Gasteiger partial charge on any atom is -0.508 e. The highest BCUT2D eigenvalue weighted by atomic mass is 35.5. The van der Waals surface area contributed by atoms with E-state index < -0.39 is 12.1 Å². The third-order valence-electron chi connectivity index (χ3n) is 5.41. The predicted molar refractivity (Wildman–Crippen MR) is 129 cm³/mol. The summed E-state index contributed by atoms with van der Waals surface area (Å²) < 4.78 is 10.8. The molecule has 0 fully saturated rings. The number of hydrogen-bond donors (Lipinski definition) is 5. The SMILES string of the molecule is CCc1cc(OCC(=O)O)ccc1CC(C)(C)NCC(O)c1cc(O)cc2c1OCC(=O)N2.Cl. The van der Waals surface area contributed by atoms with Crippen LogP contribution in [-0.4, -0.2) is 52.5 Å². The van der Waals surface area contributed by atoms with Crippen LogP contribution < -0.4 is 20.1 Å². The number of carboxylic acids is 1. The van der Waals surface area contributed by atoms with E-state index in [9.17, 15) is 19.8 Å². The molecule has 0 spiro atoms. The van der Waals surface area contributed by atoms with E-state index >= 15 is 0 Å². The summed E-state index contributed by atoms with van der Waals surface area (Å²) in [5.41, 5.74) is 2.48. The molecule has 10 heteroatoms. The summed E-state index contributed by atoms with van der Waals surface area (Å²) >= 11 is 0.